The molecule has 0 spiro atoms. The van der Waals surface area contributed by atoms with E-state index in [4.69, 9.17) is 5.84 Å². The van der Waals surface area contributed by atoms with Gasteiger partial charge in [-0.25, -0.2) is 0 Å². The Balaban J connectivity index is 1.53. The minimum atomic E-state index is 1.02. The molecule has 0 saturated carbocycles. The molecular weight excluding hydrogens is 488 g/mol. The summed E-state index contributed by atoms with van der Waals surface area (Å²) in [6.45, 7) is 0. The number of benzene rings is 6. The molecule has 0 aliphatic carbocycles. The maximum absolute atomic E-state index is 7.05. The molecule has 0 radical (unpaired) electrons. The monoisotopic (exact) mass is 512 g/mol. The van der Waals surface area contributed by atoms with Gasteiger partial charge in [-0.05, 0) is 54.6 Å². The normalized spacial score (nSPS) is 12.1. The maximum atomic E-state index is 7.05. The maximum Gasteiger partial charge on any atom is 0.0804 e. The van der Waals surface area contributed by atoms with Crippen LogP contribution in [0.1, 0.15) is 0 Å². The van der Waals surface area contributed by atoms with Gasteiger partial charge in [-0.2, -0.15) is 0 Å². The highest BCUT2D eigenvalue weighted by Crippen LogP contribution is 2.44. The predicted octanol–water partition coefficient (Wildman–Crippen LogP) is 8.70. The van der Waals surface area contributed by atoms with E-state index < -0.39 is 0 Å². The summed E-state index contributed by atoms with van der Waals surface area (Å²) in [5.74, 6) is 7.05. The number of aromatic nitrogens is 3. The highest BCUT2D eigenvalue weighted by Gasteiger charge is 2.23. The van der Waals surface area contributed by atoms with Crippen molar-refractivity contribution in [2.75, 3.05) is 5.84 Å². The summed E-state index contributed by atoms with van der Waals surface area (Å²) in [6.07, 6.45) is 0. The fourth-order valence-electron chi connectivity index (χ4n) is 6.83. The number of para-hydroxylation sites is 4. The van der Waals surface area contributed by atoms with E-state index in [0.717, 1.165) is 33.3 Å². The van der Waals surface area contributed by atoms with Crippen LogP contribution in [0.3, 0.4) is 0 Å². The van der Waals surface area contributed by atoms with E-state index in [1.165, 1.54) is 43.5 Å². The lowest BCUT2D eigenvalue weighted by Crippen LogP contribution is -2.07. The third kappa shape index (κ3) is 2.65. The van der Waals surface area contributed by atoms with E-state index in [0.29, 0.717) is 0 Å². The van der Waals surface area contributed by atoms with Gasteiger partial charge in [-0.1, -0.05) is 78.9 Å². The number of fused-ring (bicyclic) bond motifs is 11. The van der Waals surface area contributed by atoms with Crippen LogP contribution in [0, 0.1) is 0 Å². The zero-order chi connectivity index (χ0) is 26.4. The quantitative estimate of drug-likeness (QED) is 0.231. The lowest BCUT2D eigenvalue weighted by atomic mass is 10.1. The highest BCUT2D eigenvalue weighted by atomic mass is 15.3. The van der Waals surface area contributed by atoms with Gasteiger partial charge in [-0.3, -0.25) is 4.68 Å². The molecule has 9 rings (SSSR count). The predicted molar refractivity (Wildman–Crippen MR) is 168 cm³/mol. The van der Waals surface area contributed by atoms with E-state index in [9.17, 15) is 0 Å². The van der Waals surface area contributed by atoms with Crippen LogP contribution >= 0.6 is 0 Å². The standard InChI is InChI=1S/C36H24N4/c37-40-32-22-19-26-25-15-7-9-17-29(25)39(24-13-5-2-6-14-24)35(26)34(32)28-20-21-31-33(36(28)40)27-16-8-10-18-30(27)38(31)23-11-3-1-4-12-23/h1-22H,37H2. The molecule has 6 aromatic carbocycles. The minimum Gasteiger partial charge on any atom is -0.339 e. The molecule has 0 unspecified atom stereocenters. The minimum absolute atomic E-state index is 1.02. The van der Waals surface area contributed by atoms with Crippen LogP contribution in [0.2, 0.25) is 0 Å². The number of hydrogen-bond donors (Lipinski definition) is 1. The van der Waals surface area contributed by atoms with Gasteiger partial charge < -0.3 is 15.0 Å². The van der Waals surface area contributed by atoms with Gasteiger partial charge in [0.1, 0.15) is 0 Å². The summed E-state index contributed by atoms with van der Waals surface area (Å²) < 4.78 is 6.64. The van der Waals surface area contributed by atoms with Gasteiger partial charge in [0.25, 0.3) is 0 Å². The van der Waals surface area contributed by atoms with Crippen molar-refractivity contribution in [1.29, 1.82) is 0 Å². The fourth-order valence-corrected chi connectivity index (χ4v) is 6.83. The van der Waals surface area contributed by atoms with Crippen molar-refractivity contribution in [3.8, 4) is 11.4 Å². The third-order valence-electron chi connectivity index (χ3n) is 8.42. The van der Waals surface area contributed by atoms with Crippen LogP contribution in [-0.2, 0) is 0 Å². The Hall–Kier alpha value is -5.48. The van der Waals surface area contributed by atoms with Crippen LogP contribution in [-0.4, -0.2) is 13.8 Å². The van der Waals surface area contributed by atoms with Gasteiger partial charge in [0.2, 0.25) is 0 Å². The summed E-state index contributed by atoms with van der Waals surface area (Å²) in [6, 6.07) is 47.4. The summed E-state index contributed by atoms with van der Waals surface area (Å²) in [5, 5.41) is 7.17. The average molecular weight is 513 g/mol. The van der Waals surface area contributed by atoms with Crippen molar-refractivity contribution in [1.82, 2.24) is 13.8 Å². The van der Waals surface area contributed by atoms with Crippen molar-refractivity contribution in [2.24, 2.45) is 0 Å². The molecule has 0 bridgehead atoms. The first-order valence-corrected chi connectivity index (χ1v) is 13.6. The Morgan fingerprint density at radius 1 is 0.350 bits per heavy atom. The lowest BCUT2D eigenvalue weighted by molar-refractivity contribution is 1.12. The van der Waals surface area contributed by atoms with Crippen molar-refractivity contribution < 1.29 is 0 Å². The van der Waals surface area contributed by atoms with E-state index >= 15 is 0 Å². The molecule has 4 nitrogen and oxygen atoms in total. The Kier molecular flexibility index (Phi) is 4.17. The van der Waals surface area contributed by atoms with Crippen molar-refractivity contribution in [2.45, 2.75) is 0 Å². The average Bonchev–Trinajstić information content (AvgIpc) is 3.63. The molecule has 9 aromatic rings. The molecule has 0 fully saturated rings. The van der Waals surface area contributed by atoms with E-state index in [-0.39, 0.29) is 0 Å². The van der Waals surface area contributed by atoms with E-state index in [2.05, 4.69) is 143 Å². The van der Waals surface area contributed by atoms with Crippen LogP contribution in [0.4, 0.5) is 0 Å². The lowest BCUT2D eigenvalue weighted by Gasteiger charge is -2.09. The zero-order valence-electron chi connectivity index (χ0n) is 21.6. The van der Waals surface area contributed by atoms with Crippen molar-refractivity contribution in [3.05, 3.63) is 133 Å². The van der Waals surface area contributed by atoms with E-state index in [1.54, 1.807) is 0 Å². The summed E-state index contributed by atoms with van der Waals surface area (Å²) in [7, 11) is 0. The SMILES string of the molecule is Nn1c2ccc3c4ccccc4n(-c4ccccc4)c3c2c2ccc3c(c4ccccc4n3-c3ccccc3)c21. The molecule has 3 aromatic heterocycles. The highest BCUT2D eigenvalue weighted by molar-refractivity contribution is 6.31. The first-order valence-electron chi connectivity index (χ1n) is 13.6. The fraction of sp³-hybridized carbons (Fsp3) is 0. The smallest absolute Gasteiger partial charge is 0.0804 e. The van der Waals surface area contributed by atoms with Crippen LogP contribution < -0.4 is 5.84 Å². The Morgan fingerprint density at radius 2 is 0.875 bits per heavy atom. The van der Waals surface area contributed by atoms with Gasteiger partial charge in [0.05, 0.1) is 33.1 Å². The van der Waals surface area contributed by atoms with Crippen LogP contribution in [0.25, 0.3) is 76.8 Å². The molecule has 0 aliphatic heterocycles. The first kappa shape index (κ1) is 21.5. The molecule has 0 amide bonds. The zero-order valence-corrected chi connectivity index (χ0v) is 21.6. The topological polar surface area (TPSA) is 40.8 Å². The molecule has 0 aliphatic rings. The molecular formula is C36H24N4. The first-order chi connectivity index (χ1) is 19.8. The van der Waals surface area contributed by atoms with Gasteiger partial charge in [0.15, 0.2) is 0 Å². The second-order valence-electron chi connectivity index (χ2n) is 10.5. The largest absolute Gasteiger partial charge is 0.339 e. The van der Waals surface area contributed by atoms with Crippen LogP contribution in [0.5, 0.6) is 0 Å². The molecule has 2 N–H and O–H groups in total. The van der Waals surface area contributed by atoms with Crippen LogP contribution in [0.15, 0.2) is 133 Å². The van der Waals surface area contributed by atoms with E-state index in [1.807, 2.05) is 4.68 Å². The Labute approximate surface area is 229 Å². The Morgan fingerprint density at radius 3 is 1.60 bits per heavy atom. The molecule has 0 atom stereocenters. The summed E-state index contributed by atoms with van der Waals surface area (Å²) in [4.78, 5) is 0. The second-order valence-corrected chi connectivity index (χ2v) is 10.5. The number of hydrogen-bond acceptors (Lipinski definition) is 1. The summed E-state index contributed by atoms with van der Waals surface area (Å²) in [5.41, 5.74) is 9.04. The van der Waals surface area contributed by atoms with Gasteiger partial charge in [-0.15, -0.1) is 0 Å². The molecule has 40 heavy (non-hydrogen) atoms. The van der Waals surface area contributed by atoms with Crippen molar-refractivity contribution >= 4 is 65.4 Å². The Bertz CT molecular complexity index is 2420. The number of nitrogens with two attached hydrogens (primary N) is 1. The molecule has 4 heteroatoms. The number of nitrogen functional groups attached to an aromatic ring is 1. The second kappa shape index (κ2) is 7.78. The molecule has 3 heterocycles. The summed E-state index contributed by atoms with van der Waals surface area (Å²) >= 11 is 0. The third-order valence-corrected chi connectivity index (χ3v) is 8.42. The molecule has 0 saturated heterocycles. The van der Waals surface area contributed by atoms with Crippen molar-refractivity contribution in [3.63, 3.8) is 0 Å². The number of rotatable bonds is 2. The molecule has 188 valence electrons. The number of nitrogens with zero attached hydrogens (tertiary/aromatic N) is 3. The van der Waals surface area contributed by atoms with Gasteiger partial charge in [0, 0.05) is 43.7 Å². The van der Waals surface area contributed by atoms with Gasteiger partial charge >= 0.3 is 0 Å².